The van der Waals surface area contributed by atoms with Crippen LogP contribution in [0.2, 0.25) is 0 Å². The molecule has 1 saturated heterocycles. The van der Waals surface area contributed by atoms with Crippen molar-refractivity contribution >= 4 is 0 Å². The number of nitrogens with zero attached hydrogens (tertiary/aromatic N) is 1. The van der Waals surface area contributed by atoms with Crippen molar-refractivity contribution in [2.45, 2.75) is 37.8 Å². The van der Waals surface area contributed by atoms with Gasteiger partial charge in [0, 0.05) is 25.2 Å². The van der Waals surface area contributed by atoms with Crippen LogP contribution in [-0.4, -0.2) is 43.3 Å². The second kappa shape index (κ2) is 4.40. The Morgan fingerprint density at radius 2 is 1.92 bits per heavy atom. The van der Waals surface area contributed by atoms with Crippen molar-refractivity contribution in [3.05, 3.63) is 0 Å². The number of morpholine rings is 1. The van der Waals surface area contributed by atoms with Crippen molar-refractivity contribution in [1.29, 1.82) is 0 Å². The fourth-order valence-electron chi connectivity index (χ4n) is 2.48. The Bertz CT molecular complexity index is 157. The maximum absolute atomic E-state index is 5.97. The summed E-state index contributed by atoms with van der Waals surface area (Å²) in [6, 6.07) is 1.19. The van der Waals surface area contributed by atoms with E-state index in [1.165, 1.54) is 25.7 Å². The average Bonchev–Trinajstić information content (AvgIpc) is 2.19. The Kier molecular flexibility index (Phi) is 3.19. The van der Waals surface area contributed by atoms with Crippen LogP contribution in [0.1, 0.15) is 25.7 Å². The SMILES string of the molecule is N[C@@H]1CCC[C@@H](N2CCOCC2)C1. The zero-order valence-corrected chi connectivity index (χ0v) is 8.24. The number of rotatable bonds is 1. The molecule has 2 fully saturated rings. The molecule has 0 aromatic carbocycles. The lowest BCUT2D eigenvalue weighted by atomic mass is 9.90. The Hall–Kier alpha value is -0.120. The summed E-state index contributed by atoms with van der Waals surface area (Å²) in [6.45, 7) is 4.03. The molecular weight excluding hydrogens is 164 g/mol. The van der Waals surface area contributed by atoms with E-state index in [-0.39, 0.29) is 0 Å². The lowest BCUT2D eigenvalue weighted by Crippen LogP contribution is -2.47. The van der Waals surface area contributed by atoms with Gasteiger partial charge in [-0.2, -0.15) is 0 Å². The van der Waals surface area contributed by atoms with Crippen LogP contribution in [0, 0.1) is 0 Å². The summed E-state index contributed by atoms with van der Waals surface area (Å²) in [5.41, 5.74) is 5.97. The molecule has 0 radical (unpaired) electrons. The van der Waals surface area contributed by atoms with Crippen LogP contribution in [0.4, 0.5) is 0 Å². The Labute approximate surface area is 80.2 Å². The zero-order chi connectivity index (χ0) is 9.10. The molecule has 13 heavy (non-hydrogen) atoms. The highest BCUT2D eigenvalue weighted by molar-refractivity contribution is 4.82. The molecule has 76 valence electrons. The van der Waals surface area contributed by atoms with E-state index in [4.69, 9.17) is 10.5 Å². The van der Waals surface area contributed by atoms with Crippen LogP contribution in [0.15, 0.2) is 0 Å². The van der Waals surface area contributed by atoms with Gasteiger partial charge in [-0.05, 0) is 19.3 Å². The Balaban J connectivity index is 1.83. The summed E-state index contributed by atoms with van der Waals surface area (Å²) in [5, 5.41) is 0. The van der Waals surface area contributed by atoms with Crippen molar-refractivity contribution < 1.29 is 4.74 Å². The van der Waals surface area contributed by atoms with Gasteiger partial charge in [0.2, 0.25) is 0 Å². The number of hydrogen-bond donors (Lipinski definition) is 1. The highest BCUT2D eigenvalue weighted by Crippen LogP contribution is 2.22. The highest BCUT2D eigenvalue weighted by Gasteiger charge is 2.25. The van der Waals surface area contributed by atoms with Crippen molar-refractivity contribution in [1.82, 2.24) is 4.90 Å². The Morgan fingerprint density at radius 1 is 1.15 bits per heavy atom. The zero-order valence-electron chi connectivity index (χ0n) is 8.24. The molecule has 0 unspecified atom stereocenters. The molecule has 3 nitrogen and oxygen atoms in total. The summed E-state index contributed by atoms with van der Waals surface area (Å²) in [5.74, 6) is 0. The third-order valence-electron chi connectivity index (χ3n) is 3.25. The van der Waals surface area contributed by atoms with Gasteiger partial charge in [0.1, 0.15) is 0 Å². The van der Waals surface area contributed by atoms with Crippen LogP contribution >= 0.6 is 0 Å². The normalized spacial score (nSPS) is 37.6. The van der Waals surface area contributed by atoms with Crippen molar-refractivity contribution in [3.8, 4) is 0 Å². The van der Waals surface area contributed by atoms with E-state index in [0.29, 0.717) is 6.04 Å². The van der Waals surface area contributed by atoms with E-state index in [0.717, 1.165) is 32.3 Å². The molecule has 2 aliphatic rings. The summed E-state index contributed by atoms with van der Waals surface area (Å²) >= 11 is 0. The molecule has 1 saturated carbocycles. The second-order valence-corrected chi connectivity index (χ2v) is 4.23. The van der Waals surface area contributed by atoms with Gasteiger partial charge in [-0.1, -0.05) is 6.42 Å². The van der Waals surface area contributed by atoms with Gasteiger partial charge in [-0.3, -0.25) is 4.90 Å². The smallest absolute Gasteiger partial charge is 0.0594 e. The highest BCUT2D eigenvalue weighted by atomic mass is 16.5. The van der Waals surface area contributed by atoms with E-state index in [2.05, 4.69) is 4.90 Å². The van der Waals surface area contributed by atoms with Gasteiger partial charge >= 0.3 is 0 Å². The molecule has 1 heterocycles. The lowest BCUT2D eigenvalue weighted by Gasteiger charge is -2.38. The van der Waals surface area contributed by atoms with E-state index in [1.807, 2.05) is 0 Å². The molecule has 0 bridgehead atoms. The van der Waals surface area contributed by atoms with Crippen LogP contribution in [-0.2, 0) is 4.74 Å². The predicted molar refractivity (Wildman–Crippen MR) is 52.6 cm³/mol. The van der Waals surface area contributed by atoms with Gasteiger partial charge in [0.25, 0.3) is 0 Å². The van der Waals surface area contributed by atoms with Gasteiger partial charge < -0.3 is 10.5 Å². The first kappa shape index (κ1) is 9.44. The number of ether oxygens (including phenoxy) is 1. The number of nitrogens with two attached hydrogens (primary N) is 1. The summed E-state index contributed by atoms with van der Waals surface area (Å²) in [7, 11) is 0. The minimum absolute atomic E-state index is 0.446. The van der Waals surface area contributed by atoms with E-state index in [1.54, 1.807) is 0 Å². The number of hydrogen-bond acceptors (Lipinski definition) is 3. The fourth-order valence-corrected chi connectivity index (χ4v) is 2.48. The van der Waals surface area contributed by atoms with Crippen LogP contribution in [0.5, 0.6) is 0 Å². The second-order valence-electron chi connectivity index (χ2n) is 4.23. The molecule has 0 aromatic heterocycles. The Morgan fingerprint density at radius 3 is 2.62 bits per heavy atom. The van der Waals surface area contributed by atoms with E-state index >= 15 is 0 Å². The van der Waals surface area contributed by atoms with E-state index in [9.17, 15) is 0 Å². The van der Waals surface area contributed by atoms with Crippen molar-refractivity contribution in [3.63, 3.8) is 0 Å². The van der Waals surface area contributed by atoms with Gasteiger partial charge in [0.05, 0.1) is 13.2 Å². The van der Waals surface area contributed by atoms with Crippen LogP contribution in [0.3, 0.4) is 0 Å². The summed E-state index contributed by atoms with van der Waals surface area (Å²) < 4.78 is 5.34. The first-order valence-electron chi connectivity index (χ1n) is 5.43. The molecule has 3 heteroatoms. The molecular formula is C10H20N2O. The van der Waals surface area contributed by atoms with Gasteiger partial charge in [-0.15, -0.1) is 0 Å². The van der Waals surface area contributed by atoms with Crippen molar-refractivity contribution in [2.24, 2.45) is 5.73 Å². The van der Waals surface area contributed by atoms with Gasteiger partial charge in [-0.25, -0.2) is 0 Å². The predicted octanol–water partition coefficient (Wildman–Crippen LogP) is 0.588. The molecule has 2 N–H and O–H groups in total. The molecule has 1 aliphatic heterocycles. The largest absolute Gasteiger partial charge is 0.379 e. The third kappa shape index (κ3) is 2.42. The molecule has 0 aromatic rings. The quantitative estimate of drug-likeness (QED) is 0.648. The topological polar surface area (TPSA) is 38.5 Å². The summed E-state index contributed by atoms with van der Waals surface area (Å²) in [4.78, 5) is 2.56. The molecule has 1 aliphatic carbocycles. The molecule has 2 rings (SSSR count). The first-order chi connectivity index (χ1) is 6.36. The standard InChI is InChI=1S/C10H20N2O/c11-9-2-1-3-10(8-9)12-4-6-13-7-5-12/h9-10H,1-8,11H2/t9-,10-/m1/s1. The lowest BCUT2D eigenvalue weighted by molar-refractivity contribution is 0.00686. The molecule has 0 amide bonds. The fraction of sp³-hybridized carbons (Fsp3) is 1.00. The van der Waals surface area contributed by atoms with Crippen LogP contribution < -0.4 is 5.73 Å². The maximum Gasteiger partial charge on any atom is 0.0594 e. The monoisotopic (exact) mass is 184 g/mol. The van der Waals surface area contributed by atoms with E-state index < -0.39 is 0 Å². The average molecular weight is 184 g/mol. The molecule has 2 atom stereocenters. The maximum atomic E-state index is 5.97. The molecule has 0 spiro atoms. The first-order valence-corrected chi connectivity index (χ1v) is 5.43. The minimum Gasteiger partial charge on any atom is -0.379 e. The van der Waals surface area contributed by atoms with Gasteiger partial charge in [0.15, 0.2) is 0 Å². The third-order valence-corrected chi connectivity index (χ3v) is 3.25. The van der Waals surface area contributed by atoms with Crippen molar-refractivity contribution in [2.75, 3.05) is 26.3 Å². The minimum atomic E-state index is 0.446. The summed E-state index contributed by atoms with van der Waals surface area (Å²) in [6.07, 6.45) is 5.07. The van der Waals surface area contributed by atoms with Crippen LogP contribution in [0.25, 0.3) is 0 Å².